The van der Waals surface area contributed by atoms with Gasteiger partial charge in [0.15, 0.2) is 11.5 Å². The van der Waals surface area contributed by atoms with Crippen LogP contribution >= 0.6 is 0 Å². The van der Waals surface area contributed by atoms with Gasteiger partial charge >= 0.3 is 0 Å². The van der Waals surface area contributed by atoms with Crippen LogP contribution in [0.5, 0.6) is 11.5 Å². The number of amides is 2. The maximum atomic E-state index is 13.7. The van der Waals surface area contributed by atoms with Crippen molar-refractivity contribution in [2.24, 2.45) is 0 Å². The number of rotatable bonds is 12. The van der Waals surface area contributed by atoms with Crippen LogP contribution in [0.4, 0.5) is 0 Å². The molecule has 2 aromatic rings. The minimum Gasteiger partial charge on any atom is -0.493 e. The monoisotopic (exact) mass is 482 g/mol. The van der Waals surface area contributed by atoms with Crippen molar-refractivity contribution in [3.05, 3.63) is 53.3 Å². The molecule has 35 heavy (non-hydrogen) atoms. The maximum Gasteiger partial charge on any atom is 0.254 e. The number of nitrogens with one attached hydrogen (secondary N) is 1. The number of pyridine rings is 1. The van der Waals surface area contributed by atoms with Crippen LogP contribution in [0.3, 0.4) is 0 Å². The van der Waals surface area contributed by atoms with Crippen LogP contribution in [-0.4, -0.2) is 74.0 Å². The van der Waals surface area contributed by atoms with Crippen LogP contribution < -0.4 is 14.8 Å². The minimum absolute atomic E-state index is 0.121. The molecule has 0 unspecified atom stereocenters. The number of carbonyl (C=O) groups excluding carboxylic acids is 2. The molecule has 8 nitrogen and oxygen atoms in total. The molecule has 2 atom stereocenters. The zero-order valence-corrected chi connectivity index (χ0v) is 21.5. The van der Waals surface area contributed by atoms with Gasteiger partial charge in [-0.3, -0.25) is 14.6 Å². The van der Waals surface area contributed by atoms with E-state index in [0.717, 1.165) is 44.5 Å². The lowest BCUT2D eigenvalue weighted by Gasteiger charge is -2.40. The SMILES string of the molecule is CCCN(CCC)CCCNC(=O)[C@H]1c2cc(OC)c(OC)cc2C(=O)N(C)[C@@H]1c1cccnc1. The molecule has 1 N–H and O–H groups in total. The third kappa shape index (κ3) is 5.93. The highest BCUT2D eigenvalue weighted by Gasteiger charge is 2.43. The van der Waals surface area contributed by atoms with E-state index in [1.165, 1.54) is 7.11 Å². The summed E-state index contributed by atoms with van der Waals surface area (Å²) in [5.41, 5.74) is 1.89. The summed E-state index contributed by atoms with van der Waals surface area (Å²) in [6, 6.07) is 6.67. The predicted octanol–water partition coefficient (Wildman–Crippen LogP) is 3.64. The van der Waals surface area contributed by atoms with Crippen LogP contribution in [0.2, 0.25) is 0 Å². The third-order valence-electron chi connectivity index (χ3n) is 6.51. The van der Waals surface area contributed by atoms with Crippen molar-refractivity contribution in [1.29, 1.82) is 0 Å². The molecule has 0 aliphatic carbocycles. The average Bonchev–Trinajstić information content (AvgIpc) is 2.88. The summed E-state index contributed by atoms with van der Waals surface area (Å²) in [5.74, 6) is 0.0389. The molecular formula is C27H38N4O4. The Bertz CT molecular complexity index is 992. The number of aromatic nitrogens is 1. The van der Waals surface area contributed by atoms with Gasteiger partial charge in [-0.1, -0.05) is 19.9 Å². The normalized spacial score (nSPS) is 17.3. The Morgan fingerprint density at radius 1 is 1.11 bits per heavy atom. The standard InChI is InChI=1S/C27H38N4O4/c1-6-13-31(14-7-2)15-9-12-29-26(32)24-20-16-22(34-4)23(35-5)17-21(20)27(33)30(3)25(24)19-10-8-11-28-18-19/h8,10-11,16-18,24-25H,6-7,9,12-15H2,1-5H3,(H,29,32)/t24-,25+/m0/s1. The van der Waals surface area contributed by atoms with Gasteiger partial charge in [0.05, 0.1) is 26.2 Å². The Labute approximate surface area is 208 Å². The summed E-state index contributed by atoms with van der Waals surface area (Å²) in [6.07, 6.45) is 6.49. The Hall–Kier alpha value is -3.13. The predicted molar refractivity (Wildman–Crippen MR) is 136 cm³/mol. The highest BCUT2D eigenvalue weighted by molar-refractivity contribution is 6.02. The lowest BCUT2D eigenvalue weighted by molar-refractivity contribution is -0.124. The molecule has 0 radical (unpaired) electrons. The number of methoxy groups -OCH3 is 2. The first-order valence-corrected chi connectivity index (χ1v) is 12.4. The zero-order chi connectivity index (χ0) is 25.4. The quantitative estimate of drug-likeness (QED) is 0.465. The van der Waals surface area contributed by atoms with Crippen molar-refractivity contribution >= 4 is 11.8 Å². The largest absolute Gasteiger partial charge is 0.493 e. The van der Waals surface area contributed by atoms with Gasteiger partial charge in [0, 0.05) is 31.5 Å². The summed E-state index contributed by atoms with van der Waals surface area (Å²) >= 11 is 0. The summed E-state index contributed by atoms with van der Waals surface area (Å²) in [4.78, 5) is 35.4. The van der Waals surface area contributed by atoms with E-state index >= 15 is 0 Å². The van der Waals surface area contributed by atoms with Crippen molar-refractivity contribution < 1.29 is 19.1 Å². The molecule has 0 bridgehead atoms. The Morgan fingerprint density at radius 3 is 2.40 bits per heavy atom. The second-order valence-electron chi connectivity index (χ2n) is 8.91. The Kier molecular flexibility index (Phi) is 9.48. The van der Waals surface area contributed by atoms with Crippen molar-refractivity contribution in [3.8, 4) is 11.5 Å². The lowest BCUT2D eigenvalue weighted by atomic mass is 9.79. The first-order chi connectivity index (χ1) is 17.0. The van der Waals surface area contributed by atoms with E-state index in [2.05, 4.69) is 29.0 Å². The number of carbonyl (C=O) groups is 2. The number of likely N-dealkylation sites (N-methyl/N-ethyl adjacent to an activating group) is 1. The molecule has 190 valence electrons. The fourth-order valence-corrected chi connectivity index (χ4v) is 4.89. The van der Waals surface area contributed by atoms with Crippen LogP contribution in [-0.2, 0) is 4.79 Å². The van der Waals surface area contributed by atoms with E-state index in [1.807, 2.05) is 12.1 Å². The topological polar surface area (TPSA) is 84.0 Å². The molecule has 1 aliphatic rings. The van der Waals surface area contributed by atoms with Gasteiger partial charge in [-0.05, 0) is 68.2 Å². The van der Waals surface area contributed by atoms with Gasteiger partial charge in [0.2, 0.25) is 5.91 Å². The molecule has 0 saturated heterocycles. The summed E-state index contributed by atoms with van der Waals surface area (Å²) in [7, 11) is 4.81. The lowest BCUT2D eigenvalue weighted by Crippen LogP contribution is -2.46. The van der Waals surface area contributed by atoms with Gasteiger partial charge in [-0.25, -0.2) is 0 Å². The number of benzene rings is 1. The summed E-state index contributed by atoms with van der Waals surface area (Å²) in [6.45, 7) is 8.01. The van der Waals surface area contributed by atoms with Gasteiger partial charge < -0.3 is 24.6 Å². The van der Waals surface area contributed by atoms with Crippen LogP contribution in [0.25, 0.3) is 0 Å². The fourth-order valence-electron chi connectivity index (χ4n) is 4.89. The molecule has 1 aliphatic heterocycles. The number of ether oxygens (including phenoxy) is 2. The molecule has 1 aromatic carbocycles. The van der Waals surface area contributed by atoms with Gasteiger partial charge in [-0.2, -0.15) is 0 Å². The van der Waals surface area contributed by atoms with Gasteiger partial charge in [0.1, 0.15) is 0 Å². The van der Waals surface area contributed by atoms with Crippen molar-refractivity contribution in [1.82, 2.24) is 20.1 Å². The molecule has 0 saturated carbocycles. The first-order valence-electron chi connectivity index (χ1n) is 12.4. The smallest absolute Gasteiger partial charge is 0.254 e. The molecule has 8 heteroatoms. The van der Waals surface area contributed by atoms with E-state index in [-0.39, 0.29) is 11.8 Å². The Morgan fingerprint density at radius 2 is 1.80 bits per heavy atom. The molecule has 3 rings (SSSR count). The number of hydrogen-bond acceptors (Lipinski definition) is 6. The molecule has 0 spiro atoms. The molecule has 0 fully saturated rings. The second kappa shape index (κ2) is 12.5. The minimum atomic E-state index is -0.612. The molecule has 2 heterocycles. The zero-order valence-electron chi connectivity index (χ0n) is 21.5. The summed E-state index contributed by atoms with van der Waals surface area (Å²) in [5, 5.41) is 3.14. The van der Waals surface area contributed by atoms with E-state index in [1.54, 1.807) is 43.6 Å². The van der Waals surface area contributed by atoms with Crippen LogP contribution in [0, 0.1) is 0 Å². The second-order valence-corrected chi connectivity index (χ2v) is 8.91. The third-order valence-corrected chi connectivity index (χ3v) is 6.51. The van der Waals surface area contributed by atoms with E-state index in [9.17, 15) is 9.59 Å². The first kappa shape index (κ1) is 26.5. The highest BCUT2D eigenvalue weighted by atomic mass is 16.5. The molecule has 2 amide bonds. The van der Waals surface area contributed by atoms with Gasteiger partial charge in [-0.15, -0.1) is 0 Å². The van der Waals surface area contributed by atoms with Crippen LogP contribution in [0.1, 0.15) is 66.6 Å². The Balaban J connectivity index is 1.91. The van der Waals surface area contributed by atoms with Crippen molar-refractivity contribution in [3.63, 3.8) is 0 Å². The van der Waals surface area contributed by atoms with Crippen molar-refractivity contribution in [2.45, 2.75) is 45.1 Å². The number of hydrogen-bond donors (Lipinski definition) is 1. The fraction of sp³-hybridized carbons (Fsp3) is 0.519. The van der Waals surface area contributed by atoms with E-state index < -0.39 is 12.0 Å². The molecule has 1 aromatic heterocycles. The average molecular weight is 483 g/mol. The molecular weight excluding hydrogens is 444 g/mol. The summed E-state index contributed by atoms with van der Waals surface area (Å²) < 4.78 is 10.9. The van der Waals surface area contributed by atoms with E-state index in [4.69, 9.17) is 9.47 Å². The van der Waals surface area contributed by atoms with E-state index in [0.29, 0.717) is 29.2 Å². The highest BCUT2D eigenvalue weighted by Crippen LogP contribution is 2.45. The number of nitrogens with zero attached hydrogens (tertiary/aromatic N) is 3. The van der Waals surface area contributed by atoms with Crippen molar-refractivity contribution in [2.75, 3.05) is 47.4 Å². The number of fused-ring (bicyclic) bond motifs is 1. The van der Waals surface area contributed by atoms with Gasteiger partial charge in [0.25, 0.3) is 5.91 Å². The maximum absolute atomic E-state index is 13.7. The van der Waals surface area contributed by atoms with Crippen LogP contribution in [0.15, 0.2) is 36.7 Å².